The first-order valence-corrected chi connectivity index (χ1v) is 12.8. The molecular formula is C25H30BrClN6O2. The van der Waals surface area contributed by atoms with Crippen LogP contribution in [0.3, 0.4) is 0 Å². The van der Waals surface area contributed by atoms with E-state index < -0.39 is 5.60 Å². The van der Waals surface area contributed by atoms with Crippen LogP contribution in [0.1, 0.15) is 52.0 Å². The molecular weight excluding hydrogens is 532 g/mol. The molecule has 0 radical (unpaired) electrons. The predicted octanol–water partition coefficient (Wildman–Crippen LogP) is 6.04. The molecule has 3 aromatic rings. The van der Waals surface area contributed by atoms with Crippen LogP contribution in [-0.2, 0) is 4.74 Å². The zero-order chi connectivity index (χ0) is 25.2. The summed E-state index contributed by atoms with van der Waals surface area (Å²) in [5, 5.41) is 11.7. The molecule has 1 fully saturated rings. The van der Waals surface area contributed by atoms with Gasteiger partial charge in [0.1, 0.15) is 11.4 Å². The highest BCUT2D eigenvalue weighted by molar-refractivity contribution is 9.10. The fourth-order valence-corrected chi connectivity index (χ4v) is 4.75. The lowest BCUT2D eigenvalue weighted by Gasteiger charge is -2.31. The van der Waals surface area contributed by atoms with Crippen LogP contribution in [0.4, 0.5) is 16.2 Å². The second-order valence-electron chi connectivity index (χ2n) is 9.71. The van der Waals surface area contributed by atoms with Crippen molar-refractivity contribution in [3.63, 3.8) is 0 Å². The van der Waals surface area contributed by atoms with Crippen LogP contribution in [0.25, 0.3) is 5.52 Å². The number of carbonyl (C=O) groups excluding carboxylic acids is 1. The van der Waals surface area contributed by atoms with E-state index in [2.05, 4.69) is 36.7 Å². The van der Waals surface area contributed by atoms with Crippen LogP contribution in [-0.4, -0.2) is 39.2 Å². The van der Waals surface area contributed by atoms with Gasteiger partial charge < -0.3 is 21.1 Å². The Morgan fingerprint density at radius 3 is 2.60 bits per heavy atom. The Bertz CT molecular complexity index is 1240. The summed E-state index contributed by atoms with van der Waals surface area (Å²) in [5.41, 5.74) is 9.00. The SMILES string of the molecule is CC(C)(C)OC(=O)NC1CCC(Nc2c(/C(N)=N/c3ccccc3Cl)cnn3cc(Br)cc23)CC1. The summed E-state index contributed by atoms with van der Waals surface area (Å²) in [6.07, 6.45) is 6.72. The van der Waals surface area contributed by atoms with Gasteiger partial charge in [0.2, 0.25) is 0 Å². The van der Waals surface area contributed by atoms with Gasteiger partial charge in [-0.05, 0) is 80.6 Å². The molecule has 1 saturated carbocycles. The molecule has 0 atom stereocenters. The Labute approximate surface area is 218 Å². The lowest BCUT2D eigenvalue weighted by molar-refractivity contribution is 0.0492. The van der Waals surface area contributed by atoms with E-state index in [-0.39, 0.29) is 18.2 Å². The molecule has 1 aromatic carbocycles. The number of alkyl carbamates (subject to hydrolysis) is 1. The third-order valence-corrected chi connectivity index (χ3v) is 6.52. The van der Waals surface area contributed by atoms with Crippen molar-refractivity contribution in [2.24, 2.45) is 10.7 Å². The number of carbonyl (C=O) groups is 1. The smallest absolute Gasteiger partial charge is 0.407 e. The minimum Gasteiger partial charge on any atom is -0.444 e. The largest absolute Gasteiger partial charge is 0.444 e. The van der Waals surface area contributed by atoms with Crippen molar-refractivity contribution in [3.05, 3.63) is 57.8 Å². The fraction of sp³-hybridized carbons (Fsp3) is 0.400. The molecule has 0 aliphatic heterocycles. The van der Waals surface area contributed by atoms with Gasteiger partial charge in [-0.25, -0.2) is 14.3 Å². The van der Waals surface area contributed by atoms with Gasteiger partial charge in [-0.1, -0.05) is 23.7 Å². The van der Waals surface area contributed by atoms with Crippen molar-refractivity contribution in [2.45, 2.75) is 64.1 Å². The minimum absolute atomic E-state index is 0.0918. The average Bonchev–Trinajstić information content (AvgIpc) is 3.16. The number of para-hydroxylation sites is 1. The molecule has 0 spiro atoms. The van der Waals surface area contributed by atoms with Gasteiger partial charge in [0, 0.05) is 22.8 Å². The number of hydrogen-bond donors (Lipinski definition) is 3. The number of amidine groups is 1. The number of fused-ring (bicyclic) bond motifs is 1. The van der Waals surface area contributed by atoms with Gasteiger partial charge in [-0.3, -0.25) is 0 Å². The van der Waals surface area contributed by atoms with E-state index in [0.29, 0.717) is 22.1 Å². The molecule has 8 nitrogen and oxygen atoms in total. The summed E-state index contributed by atoms with van der Waals surface area (Å²) in [4.78, 5) is 16.7. The summed E-state index contributed by atoms with van der Waals surface area (Å²) in [6, 6.07) is 9.62. The van der Waals surface area contributed by atoms with Gasteiger partial charge in [-0.15, -0.1) is 0 Å². The number of halogens is 2. The topological polar surface area (TPSA) is 106 Å². The van der Waals surface area contributed by atoms with Crippen LogP contribution in [0.2, 0.25) is 5.02 Å². The minimum atomic E-state index is -0.511. The van der Waals surface area contributed by atoms with E-state index in [4.69, 9.17) is 22.1 Å². The quantitative estimate of drug-likeness (QED) is 0.260. The van der Waals surface area contributed by atoms with Crippen molar-refractivity contribution in [3.8, 4) is 0 Å². The molecule has 0 saturated heterocycles. The lowest BCUT2D eigenvalue weighted by Crippen LogP contribution is -2.42. The van der Waals surface area contributed by atoms with Crippen LogP contribution >= 0.6 is 27.5 Å². The first-order chi connectivity index (χ1) is 16.6. The van der Waals surface area contributed by atoms with E-state index in [1.807, 2.05) is 51.2 Å². The monoisotopic (exact) mass is 560 g/mol. The highest BCUT2D eigenvalue weighted by Gasteiger charge is 2.26. The Morgan fingerprint density at radius 2 is 1.91 bits per heavy atom. The number of aliphatic imine (C=N–C) groups is 1. The number of rotatable bonds is 5. The number of anilines is 1. The lowest BCUT2D eigenvalue weighted by atomic mass is 9.91. The number of amides is 1. The van der Waals surface area contributed by atoms with E-state index in [9.17, 15) is 4.79 Å². The van der Waals surface area contributed by atoms with Crippen LogP contribution in [0.5, 0.6) is 0 Å². The number of nitrogens with two attached hydrogens (primary N) is 1. The fourth-order valence-electron chi connectivity index (χ4n) is 4.16. The number of aromatic nitrogens is 2. The zero-order valence-corrected chi connectivity index (χ0v) is 22.4. The molecule has 10 heteroatoms. The third-order valence-electron chi connectivity index (χ3n) is 5.77. The van der Waals surface area contributed by atoms with Gasteiger partial charge in [0.15, 0.2) is 0 Å². The zero-order valence-electron chi connectivity index (χ0n) is 20.0. The maximum Gasteiger partial charge on any atom is 0.407 e. The van der Waals surface area contributed by atoms with Gasteiger partial charge in [0.05, 0.1) is 33.7 Å². The van der Waals surface area contributed by atoms with E-state index in [1.165, 1.54) is 0 Å². The van der Waals surface area contributed by atoms with Crippen molar-refractivity contribution < 1.29 is 9.53 Å². The predicted molar refractivity (Wildman–Crippen MR) is 144 cm³/mol. The maximum absolute atomic E-state index is 12.1. The molecule has 186 valence electrons. The van der Waals surface area contributed by atoms with Crippen LogP contribution < -0.4 is 16.4 Å². The van der Waals surface area contributed by atoms with Crippen molar-refractivity contribution in [1.82, 2.24) is 14.9 Å². The Kier molecular flexibility index (Phi) is 7.56. The summed E-state index contributed by atoms with van der Waals surface area (Å²) in [7, 11) is 0. The highest BCUT2D eigenvalue weighted by Crippen LogP contribution is 2.31. The first-order valence-electron chi connectivity index (χ1n) is 11.6. The van der Waals surface area contributed by atoms with Crippen molar-refractivity contribution in [1.29, 1.82) is 0 Å². The normalized spacial score (nSPS) is 18.9. The van der Waals surface area contributed by atoms with E-state index in [0.717, 1.165) is 41.4 Å². The van der Waals surface area contributed by atoms with Crippen LogP contribution in [0, 0.1) is 0 Å². The Hall–Kier alpha value is -2.78. The molecule has 4 N–H and O–H groups in total. The standard InChI is InChI=1S/C25H30BrClN6O2/c1-25(2,3)35-24(34)31-17-10-8-16(9-11-17)30-22-18(13-29-33-14-15(26)12-21(22)33)23(28)32-20-7-5-4-6-19(20)27/h4-7,12-14,16-17,30H,8-11H2,1-3H3,(H2,28,32)(H,31,34). The number of ether oxygens (including phenoxy) is 1. The first kappa shape index (κ1) is 25.3. The van der Waals surface area contributed by atoms with Crippen molar-refractivity contribution >= 4 is 56.4 Å². The average molecular weight is 562 g/mol. The summed E-state index contributed by atoms with van der Waals surface area (Å²) >= 11 is 9.83. The number of nitrogens with one attached hydrogen (secondary N) is 2. The molecule has 1 aliphatic rings. The molecule has 1 amide bonds. The molecule has 2 heterocycles. The third kappa shape index (κ3) is 6.46. The number of hydrogen-bond acceptors (Lipinski definition) is 5. The van der Waals surface area contributed by atoms with Gasteiger partial charge in [0.25, 0.3) is 0 Å². The Morgan fingerprint density at radius 1 is 1.23 bits per heavy atom. The summed E-state index contributed by atoms with van der Waals surface area (Å²) in [5.74, 6) is 0.327. The molecule has 4 rings (SSSR count). The summed E-state index contributed by atoms with van der Waals surface area (Å²) in [6.45, 7) is 5.59. The number of nitrogens with zero attached hydrogens (tertiary/aromatic N) is 3. The second-order valence-corrected chi connectivity index (χ2v) is 11.0. The van der Waals surface area contributed by atoms with E-state index >= 15 is 0 Å². The highest BCUT2D eigenvalue weighted by atomic mass is 79.9. The van der Waals surface area contributed by atoms with E-state index in [1.54, 1.807) is 16.8 Å². The maximum atomic E-state index is 12.1. The van der Waals surface area contributed by atoms with Gasteiger partial charge >= 0.3 is 6.09 Å². The molecule has 0 unspecified atom stereocenters. The van der Waals surface area contributed by atoms with Crippen molar-refractivity contribution in [2.75, 3.05) is 5.32 Å². The summed E-state index contributed by atoms with van der Waals surface area (Å²) < 4.78 is 8.11. The molecule has 1 aliphatic carbocycles. The molecule has 0 bridgehead atoms. The molecule has 2 aromatic heterocycles. The second kappa shape index (κ2) is 10.5. The van der Waals surface area contributed by atoms with Gasteiger partial charge in [-0.2, -0.15) is 5.10 Å². The Balaban J connectivity index is 1.53. The molecule has 35 heavy (non-hydrogen) atoms. The number of benzene rings is 1. The van der Waals surface area contributed by atoms with Crippen LogP contribution in [0.15, 0.2) is 52.2 Å².